The molecule has 4 nitrogen and oxygen atoms in total. The van der Waals surface area contributed by atoms with Crippen LogP contribution in [0.3, 0.4) is 0 Å². The van der Waals surface area contributed by atoms with E-state index in [1.165, 1.54) is 16.9 Å². The molecule has 0 aliphatic rings. The third kappa shape index (κ3) is 5.03. The number of allylic oxidation sites excluding steroid dienone is 1. The van der Waals surface area contributed by atoms with E-state index in [-0.39, 0.29) is 11.3 Å². The van der Waals surface area contributed by atoms with Crippen molar-refractivity contribution in [3.8, 4) is 17.3 Å². The van der Waals surface area contributed by atoms with Gasteiger partial charge in [-0.05, 0) is 22.6 Å². The highest BCUT2D eigenvalue weighted by Crippen LogP contribution is 2.36. The maximum Gasteiger partial charge on any atom is 0.224 e. The van der Waals surface area contributed by atoms with E-state index in [2.05, 4.69) is 44.3 Å². The molecule has 1 amide bonds. The molecule has 5 heteroatoms. The van der Waals surface area contributed by atoms with Gasteiger partial charge < -0.3 is 5.32 Å². The molecule has 0 bridgehead atoms. The smallest absolute Gasteiger partial charge is 0.224 e. The number of hydrogen-bond acceptors (Lipinski definition) is 4. The lowest BCUT2D eigenvalue weighted by molar-refractivity contribution is -0.115. The van der Waals surface area contributed by atoms with Gasteiger partial charge in [0.15, 0.2) is 0 Å². The van der Waals surface area contributed by atoms with E-state index >= 15 is 0 Å². The van der Waals surface area contributed by atoms with Crippen molar-refractivity contribution in [3.63, 3.8) is 0 Å². The Morgan fingerprint density at radius 1 is 1.13 bits per heavy atom. The minimum absolute atomic E-state index is 0.0760. The predicted octanol–water partition coefficient (Wildman–Crippen LogP) is 6.52. The third-order valence-corrected chi connectivity index (χ3v) is 5.69. The first-order valence-electron chi connectivity index (χ1n) is 9.90. The summed E-state index contributed by atoms with van der Waals surface area (Å²) in [5.74, 6) is -0.0809. The van der Waals surface area contributed by atoms with E-state index < -0.39 is 0 Å². The van der Waals surface area contributed by atoms with Crippen LogP contribution in [0.15, 0.2) is 54.6 Å². The van der Waals surface area contributed by atoms with Gasteiger partial charge in [0.1, 0.15) is 21.8 Å². The number of nitrogens with one attached hydrogen (secondary N) is 1. The molecular formula is C25H25N3OS. The molecule has 152 valence electrons. The van der Waals surface area contributed by atoms with E-state index in [1.807, 2.05) is 48.5 Å². The Bertz CT molecular complexity index is 1100. The molecule has 3 rings (SSSR count). The summed E-state index contributed by atoms with van der Waals surface area (Å²) in [6, 6.07) is 20.2. The minimum atomic E-state index is -0.0809. The van der Waals surface area contributed by atoms with Gasteiger partial charge in [-0.1, -0.05) is 93.6 Å². The second-order valence-corrected chi connectivity index (χ2v) is 9.01. The van der Waals surface area contributed by atoms with Crippen molar-refractivity contribution in [2.24, 2.45) is 0 Å². The van der Waals surface area contributed by atoms with Gasteiger partial charge in [-0.25, -0.2) is 4.98 Å². The Hall–Kier alpha value is -3.23. The number of carbonyl (C=O) groups is 1. The van der Waals surface area contributed by atoms with Crippen molar-refractivity contribution in [2.45, 2.75) is 39.5 Å². The molecule has 0 unspecified atom stereocenters. The van der Waals surface area contributed by atoms with Gasteiger partial charge in [-0.3, -0.25) is 4.79 Å². The van der Waals surface area contributed by atoms with Crippen LogP contribution in [-0.2, 0) is 10.2 Å². The van der Waals surface area contributed by atoms with E-state index in [4.69, 9.17) is 4.98 Å². The highest BCUT2D eigenvalue weighted by molar-refractivity contribution is 7.17. The van der Waals surface area contributed by atoms with Crippen LogP contribution < -0.4 is 5.32 Å². The number of hydrogen-bond donors (Lipinski definition) is 1. The fraction of sp³-hybridized carbons (Fsp3) is 0.240. The Morgan fingerprint density at radius 2 is 1.80 bits per heavy atom. The molecule has 0 fully saturated rings. The van der Waals surface area contributed by atoms with Gasteiger partial charge in [0.2, 0.25) is 5.91 Å². The number of anilines is 1. The second-order valence-electron chi connectivity index (χ2n) is 8.01. The van der Waals surface area contributed by atoms with E-state index in [0.29, 0.717) is 27.7 Å². The number of thiazole rings is 1. The molecule has 0 aliphatic carbocycles. The summed E-state index contributed by atoms with van der Waals surface area (Å²) in [6.45, 7) is 8.32. The molecule has 2 aromatic carbocycles. The van der Waals surface area contributed by atoms with Gasteiger partial charge in [-0.15, -0.1) is 0 Å². The summed E-state index contributed by atoms with van der Waals surface area (Å²) in [5, 5.41) is 14.0. The number of benzene rings is 2. The van der Waals surface area contributed by atoms with Crippen LogP contribution in [0.25, 0.3) is 22.9 Å². The van der Waals surface area contributed by atoms with Crippen LogP contribution in [-0.4, -0.2) is 10.9 Å². The SMILES string of the molecule is CCC(=O)Nc1sc(C(C#N)=Cc2ccc(C(C)(C)C)cc2)nc1-c1ccccc1. The predicted molar refractivity (Wildman–Crippen MR) is 125 cm³/mol. The van der Waals surface area contributed by atoms with E-state index in [0.717, 1.165) is 11.1 Å². The van der Waals surface area contributed by atoms with E-state index in [9.17, 15) is 10.1 Å². The maximum absolute atomic E-state index is 12.0. The quantitative estimate of drug-likeness (QED) is 0.482. The minimum Gasteiger partial charge on any atom is -0.316 e. The highest BCUT2D eigenvalue weighted by atomic mass is 32.1. The Balaban J connectivity index is 2.01. The average molecular weight is 416 g/mol. The summed E-state index contributed by atoms with van der Waals surface area (Å²) < 4.78 is 0. The number of amides is 1. The first-order valence-corrected chi connectivity index (χ1v) is 10.7. The van der Waals surface area contributed by atoms with Gasteiger partial charge in [0, 0.05) is 12.0 Å². The largest absolute Gasteiger partial charge is 0.316 e. The molecule has 1 N–H and O–H groups in total. The van der Waals surface area contributed by atoms with Crippen LogP contribution in [0, 0.1) is 11.3 Å². The van der Waals surface area contributed by atoms with Crippen LogP contribution in [0.2, 0.25) is 0 Å². The summed E-state index contributed by atoms with van der Waals surface area (Å²) in [4.78, 5) is 16.7. The first kappa shape index (κ1) is 21.5. The van der Waals surface area contributed by atoms with Crippen molar-refractivity contribution < 1.29 is 4.79 Å². The molecule has 0 radical (unpaired) electrons. The average Bonchev–Trinajstić information content (AvgIpc) is 3.15. The zero-order valence-corrected chi connectivity index (χ0v) is 18.5. The molecule has 1 heterocycles. The van der Waals surface area contributed by atoms with Crippen molar-refractivity contribution in [1.82, 2.24) is 4.98 Å². The van der Waals surface area contributed by atoms with Gasteiger partial charge in [-0.2, -0.15) is 5.26 Å². The lowest BCUT2D eigenvalue weighted by Crippen LogP contribution is -2.10. The Labute approximate surface area is 181 Å². The molecule has 0 saturated heterocycles. The second kappa shape index (κ2) is 9.06. The van der Waals surface area contributed by atoms with Gasteiger partial charge in [0.25, 0.3) is 0 Å². The molecule has 0 aliphatic heterocycles. The fourth-order valence-electron chi connectivity index (χ4n) is 2.91. The molecule has 0 atom stereocenters. The lowest BCUT2D eigenvalue weighted by Gasteiger charge is -2.18. The zero-order chi connectivity index (χ0) is 21.7. The molecule has 30 heavy (non-hydrogen) atoms. The number of nitrogens with zero attached hydrogens (tertiary/aromatic N) is 2. The van der Waals surface area contributed by atoms with Crippen molar-refractivity contribution in [3.05, 3.63) is 70.7 Å². The zero-order valence-electron chi connectivity index (χ0n) is 17.7. The molecule has 0 saturated carbocycles. The normalized spacial score (nSPS) is 11.8. The number of rotatable bonds is 5. The summed E-state index contributed by atoms with van der Waals surface area (Å²) in [5.41, 5.74) is 4.31. The lowest BCUT2D eigenvalue weighted by atomic mass is 9.86. The summed E-state index contributed by atoms with van der Waals surface area (Å²) >= 11 is 1.32. The number of nitriles is 1. The van der Waals surface area contributed by atoms with Crippen molar-refractivity contribution in [1.29, 1.82) is 5.26 Å². The van der Waals surface area contributed by atoms with Crippen LogP contribution >= 0.6 is 11.3 Å². The monoisotopic (exact) mass is 415 g/mol. The summed E-state index contributed by atoms with van der Waals surface area (Å²) in [6.07, 6.45) is 2.22. The van der Waals surface area contributed by atoms with E-state index in [1.54, 1.807) is 6.92 Å². The number of aromatic nitrogens is 1. The van der Waals surface area contributed by atoms with Crippen LogP contribution in [0.5, 0.6) is 0 Å². The fourth-order valence-corrected chi connectivity index (χ4v) is 3.88. The van der Waals surface area contributed by atoms with Crippen molar-refractivity contribution >= 4 is 33.9 Å². The topological polar surface area (TPSA) is 65.8 Å². The van der Waals surface area contributed by atoms with Crippen LogP contribution in [0.4, 0.5) is 5.00 Å². The standard InChI is InChI=1S/C25H25N3OS/c1-5-21(29)27-24-22(18-9-7-6-8-10-18)28-23(30-24)19(16-26)15-17-11-13-20(14-12-17)25(2,3)4/h6-15H,5H2,1-4H3,(H,27,29). The van der Waals surface area contributed by atoms with Gasteiger partial charge in [0.05, 0.1) is 5.57 Å². The Kier molecular flexibility index (Phi) is 6.49. The third-order valence-electron chi connectivity index (χ3n) is 4.69. The molecule has 0 spiro atoms. The summed E-state index contributed by atoms with van der Waals surface area (Å²) in [7, 11) is 0. The molecule has 3 aromatic rings. The Morgan fingerprint density at radius 3 is 2.37 bits per heavy atom. The highest BCUT2D eigenvalue weighted by Gasteiger charge is 2.18. The maximum atomic E-state index is 12.0. The number of carbonyl (C=O) groups excluding carboxylic acids is 1. The molecule has 1 aromatic heterocycles. The van der Waals surface area contributed by atoms with Crippen molar-refractivity contribution in [2.75, 3.05) is 5.32 Å². The first-order chi connectivity index (χ1) is 14.3. The molecular weight excluding hydrogens is 390 g/mol. The van der Waals surface area contributed by atoms with Crippen LogP contribution in [0.1, 0.15) is 50.3 Å². The van der Waals surface area contributed by atoms with Gasteiger partial charge >= 0.3 is 0 Å².